The highest BCUT2D eigenvalue weighted by Crippen LogP contribution is 2.39. The number of hydrogen-bond acceptors (Lipinski definition) is 1. The molecule has 1 aromatic rings. The molecule has 3 unspecified atom stereocenters. The van der Waals surface area contributed by atoms with Gasteiger partial charge in [-0.2, -0.15) is 0 Å². The predicted octanol–water partition coefficient (Wildman–Crippen LogP) is 10.9. The van der Waals surface area contributed by atoms with Gasteiger partial charge in [-0.15, -0.1) is 0 Å². The largest absolute Gasteiger partial charge is 0.487 e. The number of benzene rings is 1. The van der Waals surface area contributed by atoms with Crippen LogP contribution in [-0.4, -0.2) is 5.60 Å². The standard InChI is InChI=1S/C28H48O.2C2H6/c1-21(2)11-8-12-22(3)13-9-14-23(4)15-10-19-28(7)20-18-26-17-16-24(5)25(6)27(26)29-28;2*1-2/h16-17,21-23H,8-15,18-20H2,1-7H3;2*1-2H3. The quantitative estimate of drug-likeness (QED) is 0.301. The third-order valence-electron chi connectivity index (χ3n) is 7.30. The molecule has 1 aromatic carbocycles. The van der Waals surface area contributed by atoms with Gasteiger partial charge in [-0.3, -0.25) is 0 Å². The Labute approximate surface area is 209 Å². The van der Waals surface area contributed by atoms with E-state index in [4.69, 9.17) is 4.74 Å². The summed E-state index contributed by atoms with van der Waals surface area (Å²) < 4.78 is 6.58. The summed E-state index contributed by atoms with van der Waals surface area (Å²) in [7, 11) is 0. The molecule has 1 heteroatoms. The minimum atomic E-state index is 0.0240. The van der Waals surface area contributed by atoms with Crippen molar-refractivity contribution in [3.05, 3.63) is 28.8 Å². The Morgan fingerprint density at radius 1 is 0.788 bits per heavy atom. The van der Waals surface area contributed by atoms with E-state index in [1.807, 2.05) is 27.7 Å². The van der Waals surface area contributed by atoms with Gasteiger partial charge >= 0.3 is 0 Å². The van der Waals surface area contributed by atoms with Gasteiger partial charge in [0.1, 0.15) is 11.4 Å². The van der Waals surface area contributed by atoms with E-state index in [1.165, 1.54) is 80.2 Å². The lowest BCUT2D eigenvalue weighted by molar-refractivity contribution is 0.0515. The summed E-state index contributed by atoms with van der Waals surface area (Å²) in [4.78, 5) is 0. The van der Waals surface area contributed by atoms with Crippen LogP contribution in [0, 0.1) is 31.6 Å². The average Bonchev–Trinajstić information content (AvgIpc) is 2.79. The fourth-order valence-electron chi connectivity index (χ4n) is 4.86. The van der Waals surface area contributed by atoms with E-state index < -0.39 is 0 Å². The normalized spacial score (nSPS) is 18.8. The fourth-order valence-corrected chi connectivity index (χ4v) is 4.86. The number of rotatable bonds is 12. The Morgan fingerprint density at radius 3 is 1.85 bits per heavy atom. The maximum absolute atomic E-state index is 6.58. The van der Waals surface area contributed by atoms with Gasteiger partial charge in [0.15, 0.2) is 0 Å². The molecule has 0 fully saturated rings. The van der Waals surface area contributed by atoms with Gasteiger partial charge in [-0.05, 0) is 80.9 Å². The van der Waals surface area contributed by atoms with Gasteiger partial charge < -0.3 is 4.74 Å². The van der Waals surface area contributed by atoms with E-state index in [9.17, 15) is 0 Å². The summed E-state index contributed by atoms with van der Waals surface area (Å²) >= 11 is 0. The lowest BCUT2D eigenvalue weighted by Gasteiger charge is -2.37. The van der Waals surface area contributed by atoms with Crippen molar-refractivity contribution in [3.8, 4) is 5.75 Å². The van der Waals surface area contributed by atoms with Gasteiger partial charge in [-0.25, -0.2) is 0 Å². The van der Waals surface area contributed by atoms with E-state index in [1.54, 1.807) is 0 Å². The SMILES string of the molecule is CC.CC.Cc1ccc2c(c1C)OC(C)(CCCC(C)CCCC(C)CCCC(C)C)CC2. The molecule has 0 N–H and O–H groups in total. The van der Waals surface area contributed by atoms with Crippen molar-refractivity contribution >= 4 is 0 Å². The molecule has 0 saturated heterocycles. The molecule has 0 aliphatic carbocycles. The van der Waals surface area contributed by atoms with E-state index in [-0.39, 0.29) is 5.60 Å². The van der Waals surface area contributed by atoms with E-state index in [2.05, 4.69) is 60.6 Å². The molecule has 1 aliphatic rings. The van der Waals surface area contributed by atoms with Crippen molar-refractivity contribution in [1.29, 1.82) is 0 Å². The van der Waals surface area contributed by atoms with Crippen LogP contribution in [0.3, 0.4) is 0 Å². The van der Waals surface area contributed by atoms with E-state index >= 15 is 0 Å². The summed E-state index contributed by atoms with van der Waals surface area (Å²) in [6.07, 6.45) is 14.6. The summed E-state index contributed by atoms with van der Waals surface area (Å²) in [6, 6.07) is 4.51. The second kappa shape index (κ2) is 17.5. The molecule has 0 radical (unpaired) electrons. The summed E-state index contributed by atoms with van der Waals surface area (Å²) in [6.45, 7) is 24.3. The van der Waals surface area contributed by atoms with Crippen molar-refractivity contribution in [2.24, 2.45) is 17.8 Å². The second-order valence-electron chi connectivity index (χ2n) is 10.9. The topological polar surface area (TPSA) is 9.23 Å². The first kappa shape index (κ1) is 32.0. The zero-order valence-corrected chi connectivity index (χ0v) is 24.6. The molecular formula is C32H60O. The number of hydrogen-bond donors (Lipinski definition) is 0. The van der Waals surface area contributed by atoms with Crippen LogP contribution < -0.4 is 4.74 Å². The van der Waals surface area contributed by atoms with Crippen LogP contribution in [0.25, 0.3) is 0 Å². The zero-order chi connectivity index (χ0) is 25.4. The van der Waals surface area contributed by atoms with Crippen LogP contribution in [0.4, 0.5) is 0 Å². The van der Waals surface area contributed by atoms with Gasteiger partial charge in [0.05, 0.1) is 0 Å². The summed E-state index contributed by atoms with van der Waals surface area (Å²) in [5, 5.41) is 0. The summed E-state index contributed by atoms with van der Waals surface area (Å²) in [5.74, 6) is 3.79. The van der Waals surface area contributed by atoms with Crippen molar-refractivity contribution in [1.82, 2.24) is 0 Å². The number of aryl methyl sites for hydroxylation is 2. The van der Waals surface area contributed by atoms with Crippen LogP contribution in [0.1, 0.15) is 143 Å². The minimum absolute atomic E-state index is 0.0240. The van der Waals surface area contributed by atoms with Crippen molar-refractivity contribution in [2.45, 2.75) is 152 Å². The molecule has 3 atom stereocenters. The van der Waals surface area contributed by atoms with Gasteiger partial charge in [0.25, 0.3) is 0 Å². The highest BCUT2D eigenvalue weighted by atomic mass is 16.5. The summed E-state index contributed by atoms with van der Waals surface area (Å²) in [5.41, 5.74) is 4.11. The first-order valence-electron chi connectivity index (χ1n) is 14.5. The zero-order valence-electron chi connectivity index (χ0n) is 24.6. The monoisotopic (exact) mass is 460 g/mol. The Balaban J connectivity index is 0.00000242. The van der Waals surface area contributed by atoms with Crippen molar-refractivity contribution < 1.29 is 4.74 Å². The first-order valence-corrected chi connectivity index (χ1v) is 14.5. The number of ether oxygens (including phenoxy) is 1. The molecule has 2 rings (SSSR count). The smallest absolute Gasteiger partial charge is 0.126 e. The van der Waals surface area contributed by atoms with Crippen LogP contribution in [0.15, 0.2) is 12.1 Å². The molecule has 0 amide bonds. The Hall–Kier alpha value is -0.980. The molecule has 0 saturated carbocycles. The molecule has 0 aromatic heterocycles. The second-order valence-corrected chi connectivity index (χ2v) is 10.9. The van der Waals surface area contributed by atoms with E-state index in [0.29, 0.717) is 0 Å². The average molecular weight is 461 g/mol. The highest BCUT2D eigenvalue weighted by Gasteiger charge is 2.32. The molecular weight excluding hydrogens is 400 g/mol. The van der Waals surface area contributed by atoms with Crippen LogP contribution in [0.2, 0.25) is 0 Å². The fraction of sp³-hybridized carbons (Fsp3) is 0.812. The molecule has 33 heavy (non-hydrogen) atoms. The molecule has 194 valence electrons. The van der Waals surface area contributed by atoms with Gasteiger partial charge in [-0.1, -0.05) is 112 Å². The molecule has 0 spiro atoms. The lowest BCUT2D eigenvalue weighted by Crippen LogP contribution is -2.36. The van der Waals surface area contributed by atoms with E-state index in [0.717, 1.165) is 30.6 Å². The number of fused-ring (bicyclic) bond motifs is 1. The van der Waals surface area contributed by atoms with Crippen LogP contribution in [-0.2, 0) is 6.42 Å². The van der Waals surface area contributed by atoms with Crippen LogP contribution in [0.5, 0.6) is 5.75 Å². The maximum atomic E-state index is 6.58. The third-order valence-corrected chi connectivity index (χ3v) is 7.30. The van der Waals surface area contributed by atoms with Crippen molar-refractivity contribution in [3.63, 3.8) is 0 Å². The molecule has 1 nitrogen and oxygen atoms in total. The van der Waals surface area contributed by atoms with Gasteiger partial charge in [0, 0.05) is 0 Å². The minimum Gasteiger partial charge on any atom is -0.487 e. The lowest BCUT2D eigenvalue weighted by atomic mass is 9.85. The predicted molar refractivity (Wildman–Crippen MR) is 151 cm³/mol. The van der Waals surface area contributed by atoms with Crippen molar-refractivity contribution in [2.75, 3.05) is 0 Å². The highest BCUT2D eigenvalue weighted by molar-refractivity contribution is 5.46. The Kier molecular flexibility index (Phi) is 16.9. The van der Waals surface area contributed by atoms with Crippen LogP contribution >= 0.6 is 0 Å². The van der Waals surface area contributed by atoms with Gasteiger partial charge in [0.2, 0.25) is 0 Å². The maximum Gasteiger partial charge on any atom is 0.126 e. The third kappa shape index (κ3) is 12.3. The molecule has 0 bridgehead atoms. The molecule has 1 aliphatic heterocycles. The molecule has 1 heterocycles. The first-order chi connectivity index (χ1) is 15.7. The Morgan fingerprint density at radius 2 is 1.30 bits per heavy atom. The Bertz CT molecular complexity index is 617.